The van der Waals surface area contributed by atoms with Crippen molar-refractivity contribution in [2.45, 2.75) is 19.4 Å². The van der Waals surface area contributed by atoms with Crippen LogP contribution in [-0.4, -0.2) is 17.6 Å². The Morgan fingerprint density at radius 1 is 1.06 bits per heavy atom. The maximum Gasteiger partial charge on any atom is 0.252 e. The summed E-state index contributed by atoms with van der Waals surface area (Å²) in [6.45, 7) is 1.82. The zero-order valence-corrected chi connectivity index (χ0v) is 18.5. The molecular weight excluding hydrogens is 433 g/mol. The average Bonchev–Trinajstić information content (AvgIpc) is 2.78. The highest BCUT2D eigenvalue weighted by atomic mass is 35.5. The molecule has 0 radical (unpaired) electrons. The second kappa shape index (κ2) is 12.5. The van der Waals surface area contributed by atoms with Crippen LogP contribution in [0.15, 0.2) is 95.0 Å². The van der Waals surface area contributed by atoms with Crippen LogP contribution >= 0.6 is 23.2 Å². The van der Waals surface area contributed by atoms with Gasteiger partial charge >= 0.3 is 0 Å². The predicted molar refractivity (Wildman–Crippen MR) is 126 cm³/mol. The zero-order valence-electron chi connectivity index (χ0n) is 16.9. The van der Waals surface area contributed by atoms with Gasteiger partial charge in [-0.25, -0.2) is 0 Å². The van der Waals surface area contributed by atoms with Gasteiger partial charge in [-0.3, -0.25) is 15.0 Å². The number of nitrogens with one attached hydrogen (secondary N) is 3. The van der Waals surface area contributed by atoms with Crippen molar-refractivity contribution in [1.29, 1.82) is 5.41 Å². The Morgan fingerprint density at radius 2 is 1.68 bits per heavy atom. The van der Waals surface area contributed by atoms with Crippen molar-refractivity contribution in [3.8, 4) is 0 Å². The van der Waals surface area contributed by atoms with Crippen molar-refractivity contribution in [1.82, 2.24) is 10.6 Å². The summed E-state index contributed by atoms with van der Waals surface area (Å²) in [7, 11) is 0. The molecule has 0 fully saturated rings. The Hall–Kier alpha value is -3.15. The van der Waals surface area contributed by atoms with Crippen molar-refractivity contribution < 1.29 is 9.59 Å². The molecule has 1 atom stereocenters. The maximum absolute atomic E-state index is 13.0. The van der Waals surface area contributed by atoms with Gasteiger partial charge in [0.15, 0.2) is 0 Å². The molecule has 0 bridgehead atoms. The van der Waals surface area contributed by atoms with Crippen molar-refractivity contribution in [3.05, 3.63) is 106 Å². The molecule has 0 spiro atoms. The summed E-state index contributed by atoms with van der Waals surface area (Å²) in [5.41, 5.74) is 3.00. The van der Waals surface area contributed by atoms with Gasteiger partial charge in [0.1, 0.15) is 11.9 Å². The van der Waals surface area contributed by atoms with E-state index in [0.29, 0.717) is 16.7 Å². The number of halogens is 2. The molecule has 2 rings (SSSR count). The third kappa shape index (κ3) is 7.89. The van der Waals surface area contributed by atoms with E-state index in [2.05, 4.69) is 10.6 Å². The minimum atomic E-state index is -0.969. The van der Waals surface area contributed by atoms with E-state index in [0.717, 1.165) is 0 Å². The monoisotopic (exact) mass is 455 g/mol. The van der Waals surface area contributed by atoms with Crippen LogP contribution in [0, 0.1) is 5.41 Å². The molecule has 0 aromatic heterocycles. The Balaban J connectivity index is 2.20. The highest BCUT2D eigenvalue weighted by Gasteiger charge is 2.24. The first-order valence-corrected chi connectivity index (χ1v) is 10.3. The van der Waals surface area contributed by atoms with E-state index in [-0.39, 0.29) is 23.2 Å². The lowest BCUT2D eigenvalue weighted by molar-refractivity contribution is -0.128. The average molecular weight is 456 g/mol. The van der Waals surface area contributed by atoms with Crippen LogP contribution < -0.4 is 10.6 Å². The molecule has 5 nitrogen and oxygen atoms in total. The molecule has 7 heteroatoms. The highest BCUT2D eigenvalue weighted by Crippen LogP contribution is 2.17. The first kappa shape index (κ1) is 24.1. The molecule has 2 amide bonds. The smallest absolute Gasteiger partial charge is 0.252 e. The van der Waals surface area contributed by atoms with Gasteiger partial charge < -0.3 is 10.6 Å². The molecule has 0 saturated heterocycles. The second-order valence-electron chi connectivity index (χ2n) is 6.53. The number of benzene rings is 2. The fourth-order valence-electron chi connectivity index (χ4n) is 2.80. The van der Waals surface area contributed by atoms with Gasteiger partial charge in [-0.15, -0.1) is 0 Å². The number of amides is 2. The van der Waals surface area contributed by atoms with Crippen molar-refractivity contribution in [3.63, 3.8) is 0 Å². The lowest BCUT2D eigenvalue weighted by atomic mass is 10.0. The summed E-state index contributed by atoms with van der Waals surface area (Å²) in [6, 6.07) is 16.7. The molecule has 0 aliphatic heterocycles. The van der Waals surface area contributed by atoms with E-state index in [9.17, 15) is 9.59 Å². The summed E-state index contributed by atoms with van der Waals surface area (Å²) in [5, 5.41) is 13.8. The van der Waals surface area contributed by atoms with Crippen molar-refractivity contribution in [2.24, 2.45) is 0 Å². The topological polar surface area (TPSA) is 82.1 Å². The van der Waals surface area contributed by atoms with E-state index in [4.69, 9.17) is 28.6 Å². The number of amidine groups is 1. The molecule has 0 aliphatic rings. The minimum Gasteiger partial charge on any atom is -0.340 e. The molecule has 31 heavy (non-hydrogen) atoms. The molecule has 0 aliphatic carbocycles. The second-order valence-corrected chi connectivity index (χ2v) is 7.19. The van der Waals surface area contributed by atoms with E-state index in [1.165, 1.54) is 5.54 Å². The van der Waals surface area contributed by atoms with Crippen molar-refractivity contribution >= 4 is 40.9 Å². The SMILES string of the molecule is C\C=C/C(=C\C(Cl)=C\Cl)CC(=O)NC(C(=O)NC(=N)c1ccccc1)c1ccccc1. The molecule has 2 aromatic carbocycles. The zero-order chi connectivity index (χ0) is 22.6. The first-order chi connectivity index (χ1) is 14.9. The van der Waals surface area contributed by atoms with Crippen LogP contribution in [0.4, 0.5) is 0 Å². The number of rotatable bonds is 8. The molecule has 0 heterocycles. The van der Waals surface area contributed by atoms with E-state index in [1.54, 1.807) is 66.8 Å². The summed E-state index contributed by atoms with van der Waals surface area (Å²) >= 11 is 11.5. The van der Waals surface area contributed by atoms with Gasteiger partial charge in [0, 0.05) is 11.1 Å². The number of allylic oxidation sites excluding steroid dienone is 4. The number of hydrogen-bond acceptors (Lipinski definition) is 3. The van der Waals surface area contributed by atoms with Gasteiger partial charge in [-0.1, -0.05) is 96.0 Å². The molecule has 1 unspecified atom stereocenters. The fourth-order valence-corrected chi connectivity index (χ4v) is 3.00. The van der Waals surface area contributed by atoms with Gasteiger partial charge in [0.05, 0.1) is 11.5 Å². The van der Waals surface area contributed by atoms with Crippen LogP contribution in [0.3, 0.4) is 0 Å². The fraction of sp³-hybridized carbons (Fsp3) is 0.125. The summed E-state index contributed by atoms with van der Waals surface area (Å²) in [5.74, 6) is -0.934. The predicted octanol–water partition coefficient (Wildman–Crippen LogP) is 5.20. The van der Waals surface area contributed by atoms with Crippen LogP contribution in [0.1, 0.15) is 30.5 Å². The molecular formula is C24H23Cl2N3O2. The van der Waals surface area contributed by atoms with Crippen molar-refractivity contribution in [2.75, 3.05) is 0 Å². The minimum absolute atomic E-state index is 0.00195. The number of carbonyl (C=O) groups is 2. The van der Waals surface area contributed by atoms with E-state index < -0.39 is 11.9 Å². The lowest BCUT2D eigenvalue weighted by Crippen LogP contribution is -2.42. The number of hydrogen-bond donors (Lipinski definition) is 3. The van der Waals surface area contributed by atoms with Crippen LogP contribution in [0.5, 0.6) is 0 Å². The Bertz CT molecular complexity index is 1000. The molecule has 3 N–H and O–H groups in total. The van der Waals surface area contributed by atoms with Gasteiger partial charge in [-0.05, 0) is 24.1 Å². The highest BCUT2D eigenvalue weighted by molar-refractivity contribution is 6.37. The quantitative estimate of drug-likeness (QED) is 0.290. The van der Waals surface area contributed by atoms with Crippen LogP contribution in [0.25, 0.3) is 0 Å². The normalized spacial score (nSPS) is 13.0. The Kier molecular flexibility index (Phi) is 9.75. The Morgan fingerprint density at radius 3 is 2.26 bits per heavy atom. The van der Waals surface area contributed by atoms with Gasteiger partial charge in [-0.2, -0.15) is 0 Å². The summed E-state index contributed by atoms with van der Waals surface area (Å²) < 4.78 is 0. The standard InChI is InChI=1S/C24H23Cl2N3O2/c1-2-9-17(14-20(26)16-25)15-21(30)28-22(18-10-5-3-6-11-18)24(31)29-23(27)19-12-7-4-8-13-19/h2-14,16,22H,15H2,1H3,(H,28,30)(H2,27,29,31)/b9-2-,17-14+,20-16-. The third-order valence-electron chi connectivity index (χ3n) is 4.18. The summed E-state index contributed by atoms with van der Waals surface area (Å²) in [4.78, 5) is 25.7. The van der Waals surface area contributed by atoms with Gasteiger partial charge in [0.25, 0.3) is 5.91 Å². The van der Waals surface area contributed by atoms with E-state index >= 15 is 0 Å². The van der Waals surface area contributed by atoms with Crippen LogP contribution in [-0.2, 0) is 9.59 Å². The molecule has 2 aromatic rings. The maximum atomic E-state index is 13.0. The molecule has 160 valence electrons. The largest absolute Gasteiger partial charge is 0.340 e. The van der Waals surface area contributed by atoms with Crippen LogP contribution in [0.2, 0.25) is 0 Å². The summed E-state index contributed by atoms with van der Waals surface area (Å²) in [6.07, 6.45) is 5.10. The van der Waals surface area contributed by atoms with E-state index in [1.807, 2.05) is 19.1 Å². The molecule has 0 saturated carbocycles. The lowest BCUT2D eigenvalue weighted by Gasteiger charge is -2.19. The first-order valence-electron chi connectivity index (χ1n) is 9.53. The Labute approximate surface area is 192 Å². The number of carbonyl (C=O) groups excluding carboxylic acids is 2. The third-order valence-corrected chi connectivity index (χ3v) is 4.75. The van der Waals surface area contributed by atoms with Gasteiger partial charge in [0.2, 0.25) is 5.91 Å².